The van der Waals surface area contributed by atoms with Gasteiger partial charge >= 0.3 is 0 Å². The zero-order valence-corrected chi connectivity index (χ0v) is 34.1. The number of unbranched alkanes of at least 4 members (excludes halogenated alkanes) is 14. The van der Waals surface area contributed by atoms with Gasteiger partial charge in [-0.05, 0) is 44.9 Å². The molecule has 2 fully saturated rings. The molecule has 14 nitrogen and oxygen atoms in total. The number of nitrogens with one attached hydrogen (secondary N) is 1. The highest BCUT2D eigenvalue weighted by Crippen LogP contribution is 2.30. The molecule has 0 spiro atoms. The van der Waals surface area contributed by atoms with E-state index in [2.05, 4.69) is 43.5 Å². The third-order valence-electron chi connectivity index (χ3n) is 10.7. The largest absolute Gasteiger partial charge is 0.394 e. The average molecular weight is 804 g/mol. The summed E-state index contributed by atoms with van der Waals surface area (Å²) in [5.41, 5.74) is 0. The topological polar surface area (TPSA) is 228 Å². The van der Waals surface area contributed by atoms with E-state index in [1.807, 2.05) is 0 Å². The van der Waals surface area contributed by atoms with Crippen LogP contribution in [0.2, 0.25) is 0 Å². The van der Waals surface area contributed by atoms with Gasteiger partial charge in [-0.15, -0.1) is 0 Å². The fraction of sp³-hybridized carbons (Fsp3) is 0.881. The molecule has 0 bridgehead atoms. The van der Waals surface area contributed by atoms with Crippen LogP contribution in [0.4, 0.5) is 0 Å². The Morgan fingerprint density at radius 1 is 0.643 bits per heavy atom. The number of amides is 1. The second-order valence-corrected chi connectivity index (χ2v) is 15.5. The molecule has 0 aromatic carbocycles. The molecular formula is C42H77NO13. The van der Waals surface area contributed by atoms with Gasteiger partial charge in [0.25, 0.3) is 0 Å². The minimum atomic E-state index is -1.78. The van der Waals surface area contributed by atoms with Gasteiger partial charge in [0.1, 0.15) is 48.8 Å². The number of rotatable bonds is 31. The maximum atomic E-state index is 13.0. The fourth-order valence-corrected chi connectivity index (χ4v) is 7.03. The lowest BCUT2D eigenvalue weighted by atomic mass is 9.97. The summed E-state index contributed by atoms with van der Waals surface area (Å²) in [7, 11) is 0. The maximum Gasteiger partial charge on any atom is 0.220 e. The van der Waals surface area contributed by atoms with Crippen LogP contribution in [0, 0.1) is 0 Å². The van der Waals surface area contributed by atoms with Gasteiger partial charge in [0.15, 0.2) is 12.6 Å². The summed E-state index contributed by atoms with van der Waals surface area (Å²) < 4.78 is 22.5. The Morgan fingerprint density at radius 2 is 1.18 bits per heavy atom. The molecule has 2 aliphatic rings. The Labute approximate surface area is 335 Å². The van der Waals surface area contributed by atoms with Gasteiger partial charge in [-0.25, -0.2) is 0 Å². The SMILES string of the molecule is CCCCCC/C=C\C/C=C\CCCCCCCCCC(=O)NC(COC1OC(CO)C(OC2OC(CO)C(O)C(O)C2O)C(O)C1O)C(O)CCCCCC. The van der Waals surface area contributed by atoms with E-state index in [4.69, 9.17) is 18.9 Å². The van der Waals surface area contributed by atoms with Crippen molar-refractivity contribution < 1.29 is 64.6 Å². The standard InChI is InChI=1S/C42H77NO13/c1-3-5-7-9-10-11-12-13-14-15-16-17-18-19-20-21-22-24-26-34(47)43-30(31(46)25-23-8-6-4-2)29-53-41-39(52)37(50)40(33(28-45)55-41)56-42-38(51)36(49)35(48)32(27-44)54-42/h11-12,14-15,30-33,35-42,44-46,48-52H,3-10,13,16-29H2,1-2H3,(H,43,47)/b12-11-,15-14-. The second kappa shape index (κ2) is 30.5. The Kier molecular flexibility index (Phi) is 27.6. The van der Waals surface area contributed by atoms with Crippen LogP contribution in [-0.4, -0.2) is 140 Å². The van der Waals surface area contributed by atoms with Crippen LogP contribution in [0.25, 0.3) is 0 Å². The predicted molar refractivity (Wildman–Crippen MR) is 212 cm³/mol. The number of ether oxygens (including phenoxy) is 4. The molecule has 0 aromatic heterocycles. The molecule has 14 heteroatoms. The van der Waals surface area contributed by atoms with E-state index in [0.29, 0.717) is 19.3 Å². The lowest BCUT2D eigenvalue weighted by Gasteiger charge is -2.46. The molecule has 0 aliphatic carbocycles. The minimum absolute atomic E-state index is 0.226. The minimum Gasteiger partial charge on any atom is -0.394 e. The van der Waals surface area contributed by atoms with Crippen molar-refractivity contribution in [3.05, 3.63) is 24.3 Å². The van der Waals surface area contributed by atoms with Crippen molar-refractivity contribution in [3.63, 3.8) is 0 Å². The van der Waals surface area contributed by atoms with Crippen molar-refractivity contribution in [1.29, 1.82) is 0 Å². The summed E-state index contributed by atoms with van der Waals surface area (Å²) in [6, 6.07) is -0.826. The normalized spacial score (nSPS) is 29.6. The van der Waals surface area contributed by atoms with Crippen molar-refractivity contribution in [1.82, 2.24) is 5.32 Å². The van der Waals surface area contributed by atoms with Gasteiger partial charge in [0.2, 0.25) is 5.91 Å². The first-order valence-electron chi connectivity index (χ1n) is 21.6. The Balaban J connectivity index is 1.78. The van der Waals surface area contributed by atoms with E-state index in [9.17, 15) is 45.6 Å². The van der Waals surface area contributed by atoms with Crippen LogP contribution < -0.4 is 5.32 Å². The molecule has 2 rings (SSSR count). The average Bonchev–Trinajstić information content (AvgIpc) is 3.19. The smallest absolute Gasteiger partial charge is 0.220 e. The van der Waals surface area contributed by atoms with Crippen molar-refractivity contribution in [3.8, 4) is 0 Å². The van der Waals surface area contributed by atoms with Gasteiger partial charge < -0.3 is 65.1 Å². The lowest BCUT2D eigenvalue weighted by molar-refractivity contribution is -0.359. The zero-order valence-electron chi connectivity index (χ0n) is 34.1. The zero-order chi connectivity index (χ0) is 41.1. The van der Waals surface area contributed by atoms with Gasteiger partial charge in [0.05, 0.1) is 32.0 Å². The Hall–Kier alpha value is -1.53. The number of aliphatic hydroxyl groups is 8. The van der Waals surface area contributed by atoms with Gasteiger partial charge in [-0.2, -0.15) is 0 Å². The summed E-state index contributed by atoms with van der Waals surface area (Å²) in [6.07, 6.45) is 12.7. The van der Waals surface area contributed by atoms with Crippen LogP contribution in [0.15, 0.2) is 24.3 Å². The summed E-state index contributed by atoms with van der Waals surface area (Å²) in [5, 5.41) is 85.9. The Morgan fingerprint density at radius 3 is 1.79 bits per heavy atom. The molecule has 328 valence electrons. The highest BCUT2D eigenvalue weighted by Gasteiger charge is 2.50. The van der Waals surface area contributed by atoms with Crippen molar-refractivity contribution >= 4 is 5.91 Å². The first kappa shape index (κ1) is 50.6. The van der Waals surface area contributed by atoms with Crippen LogP contribution in [0.3, 0.4) is 0 Å². The van der Waals surface area contributed by atoms with Crippen LogP contribution in [0.5, 0.6) is 0 Å². The predicted octanol–water partition coefficient (Wildman–Crippen LogP) is 3.43. The summed E-state index contributed by atoms with van der Waals surface area (Å²) in [5.74, 6) is -0.226. The molecule has 2 aliphatic heterocycles. The van der Waals surface area contributed by atoms with E-state index in [-0.39, 0.29) is 12.5 Å². The van der Waals surface area contributed by atoms with Crippen molar-refractivity contribution in [2.24, 2.45) is 0 Å². The fourth-order valence-electron chi connectivity index (χ4n) is 7.03. The monoisotopic (exact) mass is 804 g/mol. The highest BCUT2D eigenvalue weighted by molar-refractivity contribution is 5.76. The van der Waals surface area contributed by atoms with E-state index < -0.39 is 86.8 Å². The Bertz CT molecular complexity index is 1050. The number of aliphatic hydroxyl groups excluding tert-OH is 8. The van der Waals surface area contributed by atoms with E-state index in [0.717, 1.165) is 57.8 Å². The molecule has 0 saturated carbocycles. The van der Waals surface area contributed by atoms with E-state index in [1.165, 1.54) is 51.4 Å². The molecule has 0 radical (unpaired) electrons. The quantitative estimate of drug-likeness (QED) is 0.0362. The van der Waals surface area contributed by atoms with Crippen molar-refractivity contribution in [2.45, 2.75) is 216 Å². The lowest BCUT2D eigenvalue weighted by Crippen LogP contribution is -2.65. The summed E-state index contributed by atoms with van der Waals surface area (Å²) in [6.45, 7) is 2.66. The third kappa shape index (κ3) is 19.0. The summed E-state index contributed by atoms with van der Waals surface area (Å²) >= 11 is 0. The molecular weight excluding hydrogens is 726 g/mol. The van der Waals surface area contributed by atoms with Crippen molar-refractivity contribution in [2.75, 3.05) is 19.8 Å². The maximum absolute atomic E-state index is 13.0. The summed E-state index contributed by atoms with van der Waals surface area (Å²) in [4.78, 5) is 13.0. The van der Waals surface area contributed by atoms with E-state index >= 15 is 0 Å². The number of hydrogen-bond acceptors (Lipinski definition) is 13. The highest BCUT2D eigenvalue weighted by atomic mass is 16.7. The number of hydrogen-bond donors (Lipinski definition) is 9. The molecule has 12 atom stereocenters. The first-order valence-corrected chi connectivity index (χ1v) is 21.6. The number of allylic oxidation sites excluding steroid dienone is 4. The third-order valence-corrected chi connectivity index (χ3v) is 10.7. The first-order chi connectivity index (χ1) is 27.1. The van der Waals surface area contributed by atoms with Gasteiger partial charge in [-0.1, -0.05) is 115 Å². The molecule has 9 N–H and O–H groups in total. The van der Waals surface area contributed by atoms with Gasteiger partial charge in [0, 0.05) is 6.42 Å². The van der Waals surface area contributed by atoms with E-state index in [1.54, 1.807) is 0 Å². The molecule has 56 heavy (non-hydrogen) atoms. The van der Waals surface area contributed by atoms with Crippen LogP contribution in [-0.2, 0) is 23.7 Å². The molecule has 2 saturated heterocycles. The number of carbonyl (C=O) groups is 1. The second-order valence-electron chi connectivity index (χ2n) is 15.5. The molecule has 0 aromatic rings. The number of carbonyl (C=O) groups excluding carboxylic acids is 1. The van der Waals surface area contributed by atoms with Gasteiger partial charge in [-0.3, -0.25) is 4.79 Å². The van der Waals surface area contributed by atoms with Crippen LogP contribution >= 0.6 is 0 Å². The molecule has 1 amide bonds. The molecule has 2 heterocycles. The molecule has 12 unspecified atom stereocenters. The van der Waals surface area contributed by atoms with Crippen LogP contribution in [0.1, 0.15) is 142 Å².